The Hall–Kier alpha value is -3.27. The number of hydrogen-bond acceptors (Lipinski definition) is 7. The van der Waals surface area contributed by atoms with E-state index in [9.17, 15) is 14.4 Å². The van der Waals surface area contributed by atoms with Crippen LogP contribution in [0.4, 0.5) is 11.6 Å². The maximum Gasteiger partial charge on any atom is 0.333 e. The van der Waals surface area contributed by atoms with Crippen LogP contribution in [0.2, 0.25) is 5.02 Å². The van der Waals surface area contributed by atoms with E-state index in [1.54, 1.807) is 23.6 Å². The van der Waals surface area contributed by atoms with Crippen LogP contribution in [-0.4, -0.2) is 44.9 Å². The maximum atomic E-state index is 13.1. The molecule has 4 rings (SSSR count). The van der Waals surface area contributed by atoms with Crippen molar-refractivity contribution in [1.82, 2.24) is 18.7 Å². The number of fused-ring (bicyclic) bond motifs is 3. The van der Waals surface area contributed by atoms with Gasteiger partial charge in [0.25, 0.3) is 5.56 Å². The Morgan fingerprint density at radius 1 is 1.27 bits per heavy atom. The number of hydrogen-bond donors (Lipinski definition) is 0. The Morgan fingerprint density at radius 3 is 2.70 bits per heavy atom. The molecule has 0 N–H and O–H groups in total. The van der Waals surface area contributed by atoms with Crippen LogP contribution in [0, 0.1) is 0 Å². The van der Waals surface area contributed by atoms with Crippen molar-refractivity contribution in [2.75, 3.05) is 25.2 Å². The van der Waals surface area contributed by atoms with Crippen molar-refractivity contribution in [3.8, 4) is 5.75 Å². The Morgan fingerprint density at radius 2 is 2.03 bits per heavy atom. The van der Waals surface area contributed by atoms with Crippen molar-refractivity contribution in [3.63, 3.8) is 0 Å². The van der Waals surface area contributed by atoms with Gasteiger partial charge in [-0.2, -0.15) is 4.98 Å². The van der Waals surface area contributed by atoms with Crippen molar-refractivity contribution in [2.24, 2.45) is 7.05 Å². The molecule has 1 aromatic carbocycles. The van der Waals surface area contributed by atoms with Gasteiger partial charge >= 0.3 is 11.7 Å². The Balaban J connectivity index is 1.85. The summed E-state index contributed by atoms with van der Waals surface area (Å²) in [5, 5.41) is 0.453. The minimum atomic E-state index is -0.647. The van der Waals surface area contributed by atoms with Gasteiger partial charge in [0.15, 0.2) is 11.2 Å². The molecular formula is C19H20ClN5O5. The molecular weight excluding hydrogens is 414 g/mol. The van der Waals surface area contributed by atoms with Gasteiger partial charge in [-0.3, -0.25) is 14.2 Å². The largest absolute Gasteiger partial charge is 0.495 e. The molecule has 11 heteroatoms. The number of rotatable bonds is 5. The fraction of sp³-hybridized carbons (Fsp3) is 0.368. The zero-order chi connectivity index (χ0) is 21.6. The number of aromatic nitrogens is 4. The summed E-state index contributed by atoms with van der Waals surface area (Å²) < 4.78 is 14.0. The molecule has 0 atom stereocenters. The third-order valence-electron chi connectivity index (χ3n) is 5.04. The number of ether oxygens (including phenoxy) is 2. The quantitative estimate of drug-likeness (QED) is 0.558. The van der Waals surface area contributed by atoms with E-state index in [0.717, 1.165) is 10.3 Å². The van der Waals surface area contributed by atoms with Gasteiger partial charge in [0.1, 0.15) is 12.3 Å². The van der Waals surface area contributed by atoms with E-state index >= 15 is 0 Å². The minimum absolute atomic E-state index is 0.164. The maximum absolute atomic E-state index is 13.1. The summed E-state index contributed by atoms with van der Waals surface area (Å²) in [6, 6.07) is 5.36. The average molecular weight is 434 g/mol. The summed E-state index contributed by atoms with van der Waals surface area (Å²) >= 11 is 6.26. The minimum Gasteiger partial charge on any atom is -0.495 e. The molecule has 0 aliphatic carbocycles. The second-order valence-corrected chi connectivity index (χ2v) is 7.15. The highest BCUT2D eigenvalue weighted by Crippen LogP contribution is 2.35. The summed E-state index contributed by atoms with van der Waals surface area (Å²) in [5.41, 5.74) is 0.0977. The lowest BCUT2D eigenvalue weighted by Crippen LogP contribution is -2.41. The molecule has 0 saturated carbocycles. The number of esters is 1. The Bertz CT molecular complexity index is 1280. The highest BCUT2D eigenvalue weighted by Gasteiger charge is 2.29. The van der Waals surface area contributed by atoms with E-state index in [2.05, 4.69) is 4.98 Å². The highest BCUT2D eigenvalue weighted by molar-refractivity contribution is 6.32. The third-order valence-corrected chi connectivity index (χ3v) is 5.34. The van der Waals surface area contributed by atoms with Crippen LogP contribution in [0.5, 0.6) is 5.75 Å². The van der Waals surface area contributed by atoms with E-state index in [1.165, 1.54) is 18.7 Å². The van der Waals surface area contributed by atoms with Gasteiger partial charge in [0.2, 0.25) is 5.95 Å². The lowest BCUT2D eigenvalue weighted by molar-refractivity contribution is -0.143. The van der Waals surface area contributed by atoms with Gasteiger partial charge in [-0.25, -0.2) is 9.36 Å². The molecule has 1 aliphatic rings. The SMILES string of the molecule is CCOC(=O)Cn1c(=O)c2c(nc3n2CCN3c2ccc(OC)c(Cl)c2)n(C)c1=O. The Labute approximate surface area is 175 Å². The highest BCUT2D eigenvalue weighted by atomic mass is 35.5. The van der Waals surface area contributed by atoms with Crippen LogP contribution in [-0.2, 0) is 29.7 Å². The first-order chi connectivity index (χ1) is 14.4. The first-order valence-corrected chi connectivity index (χ1v) is 9.72. The molecule has 158 valence electrons. The number of anilines is 2. The molecule has 0 fully saturated rings. The van der Waals surface area contributed by atoms with Crippen molar-refractivity contribution < 1.29 is 14.3 Å². The van der Waals surface area contributed by atoms with Crippen LogP contribution in [0.3, 0.4) is 0 Å². The van der Waals surface area contributed by atoms with Gasteiger partial charge in [-0.1, -0.05) is 11.6 Å². The van der Waals surface area contributed by atoms with Crippen LogP contribution < -0.4 is 20.9 Å². The molecule has 30 heavy (non-hydrogen) atoms. The number of carbonyl (C=O) groups is 1. The fourth-order valence-corrected chi connectivity index (χ4v) is 3.87. The lowest BCUT2D eigenvalue weighted by Gasteiger charge is -2.17. The number of methoxy groups -OCH3 is 1. The first-order valence-electron chi connectivity index (χ1n) is 9.34. The lowest BCUT2D eigenvalue weighted by atomic mass is 10.3. The van der Waals surface area contributed by atoms with Crippen LogP contribution in [0.1, 0.15) is 6.92 Å². The van der Waals surface area contributed by atoms with E-state index < -0.39 is 23.8 Å². The molecule has 0 bridgehead atoms. The van der Waals surface area contributed by atoms with Crippen molar-refractivity contribution in [1.29, 1.82) is 0 Å². The van der Waals surface area contributed by atoms with Gasteiger partial charge in [0, 0.05) is 25.8 Å². The standard InChI is InChI=1S/C19H20ClN5O5/c1-4-30-14(26)10-25-17(27)15-16(22(2)19(25)28)21-18-23(7-8-24(15)18)11-5-6-13(29-3)12(20)9-11/h5-6,9H,4,7-8,10H2,1-3H3. The Kier molecular flexibility index (Phi) is 5.02. The summed E-state index contributed by atoms with van der Waals surface area (Å²) in [6.45, 7) is 2.43. The molecule has 0 radical (unpaired) electrons. The van der Waals surface area contributed by atoms with Gasteiger partial charge in [-0.05, 0) is 25.1 Å². The topological polar surface area (TPSA) is 101 Å². The monoisotopic (exact) mass is 433 g/mol. The van der Waals surface area contributed by atoms with E-state index in [1.807, 2.05) is 11.0 Å². The molecule has 1 aliphatic heterocycles. The van der Waals surface area contributed by atoms with Crippen LogP contribution in [0.25, 0.3) is 11.2 Å². The molecule has 0 saturated heterocycles. The van der Waals surface area contributed by atoms with E-state index in [0.29, 0.717) is 29.8 Å². The number of benzene rings is 1. The van der Waals surface area contributed by atoms with Gasteiger partial charge in [0.05, 0.1) is 18.7 Å². The molecule has 3 aromatic rings. The number of halogens is 1. The summed E-state index contributed by atoms with van der Waals surface area (Å²) in [7, 11) is 3.06. The zero-order valence-electron chi connectivity index (χ0n) is 16.7. The van der Waals surface area contributed by atoms with E-state index in [-0.39, 0.29) is 17.8 Å². The summed E-state index contributed by atoms with van der Waals surface area (Å²) in [4.78, 5) is 44.1. The predicted molar refractivity (Wildman–Crippen MR) is 111 cm³/mol. The summed E-state index contributed by atoms with van der Waals surface area (Å²) in [5.74, 6) is 0.427. The average Bonchev–Trinajstić information content (AvgIpc) is 3.29. The van der Waals surface area contributed by atoms with E-state index in [4.69, 9.17) is 21.1 Å². The fourth-order valence-electron chi connectivity index (χ4n) is 3.62. The smallest absolute Gasteiger partial charge is 0.333 e. The number of carbonyl (C=O) groups excluding carboxylic acids is 1. The molecule has 10 nitrogen and oxygen atoms in total. The van der Waals surface area contributed by atoms with Crippen LogP contribution in [0.15, 0.2) is 27.8 Å². The molecule has 0 unspecified atom stereocenters. The van der Waals surface area contributed by atoms with Crippen molar-refractivity contribution in [3.05, 3.63) is 44.1 Å². The number of aryl methyl sites for hydroxylation is 1. The van der Waals surface area contributed by atoms with Crippen molar-refractivity contribution >= 4 is 40.4 Å². The second kappa shape index (κ2) is 7.52. The number of nitrogens with zero attached hydrogens (tertiary/aromatic N) is 5. The predicted octanol–water partition coefficient (Wildman–Crippen LogP) is 1.27. The number of imidazole rings is 1. The van der Waals surface area contributed by atoms with Crippen LogP contribution >= 0.6 is 11.6 Å². The van der Waals surface area contributed by atoms with Gasteiger partial charge in [-0.15, -0.1) is 0 Å². The second-order valence-electron chi connectivity index (χ2n) is 6.74. The first kappa shape index (κ1) is 20.0. The summed E-state index contributed by atoms with van der Waals surface area (Å²) in [6.07, 6.45) is 0. The van der Waals surface area contributed by atoms with Gasteiger partial charge < -0.3 is 18.9 Å². The normalized spacial score (nSPS) is 13.0. The van der Waals surface area contributed by atoms with Crippen molar-refractivity contribution in [2.45, 2.75) is 20.0 Å². The molecule has 3 heterocycles. The molecule has 2 aromatic heterocycles. The molecule has 0 amide bonds. The third kappa shape index (κ3) is 3.04. The zero-order valence-corrected chi connectivity index (χ0v) is 17.5. The molecule has 0 spiro atoms.